The summed E-state index contributed by atoms with van der Waals surface area (Å²) in [5.41, 5.74) is 0.457. The van der Waals surface area contributed by atoms with Gasteiger partial charge in [-0.1, -0.05) is 18.2 Å². The molecule has 0 bridgehead atoms. The number of amides is 2. The van der Waals surface area contributed by atoms with Crippen LogP contribution in [0.1, 0.15) is 36.5 Å². The Kier molecular flexibility index (Phi) is 6.82. The maximum atomic E-state index is 13.1. The summed E-state index contributed by atoms with van der Waals surface area (Å²) in [5.74, 6) is 1.08. The van der Waals surface area contributed by atoms with E-state index in [1.807, 2.05) is 40.1 Å². The van der Waals surface area contributed by atoms with Crippen molar-refractivity contribution in [1.82, 2.24) is 19.7 Å². The van der Waals surface area contributed by atoms with Gasteiger partial charge in [0.1, 0.15) is 11.3 Å². The lowest BCUT2D eigenvalue weighted by molar-refractivity contribution is -0.136. The summed E-state index contributed by atoms with van der Waals surface area (Å²) < 4.78 is 5.85. The summed E-state index contributed by atoms with van der Waals surface area (Å²) in [5, 5.41) is 0. The molecule has 0 aliphatic carbocycles. The van der Waals surface area contributed by atoms with Gasteiger partial charge < -0.3 is 14.5 Å². The second-order valence-electron chi connectivity index (χ2n) is 8.27. The zero-order valence-corrected chi connectivity index (χ0v) is 18.1. The highest BCUT2D eigenvalue weighted by molar-refractivity contribution is 5.96. The number of carbonyl (C=O) groups is 2. The Hall–Kier alpha value is -2.93. The van der Waals surface area contributed by atoms with Crippen molar-refractivity contribution in [2.24, 2.45) is 0 Å². The standard InChI is InChI=1S/C24H30N4O3/c1-19-8-5-6-13-28(19)22(29)18-26-14-16-27(17-15-26)24(30)21-11-7-12-25-23(21)31-20-9-3-2-4-10-20/h2-4,7,9-12,19H,5-6,8,13-18H2,1H3. The Morgan fingerprint density at radius 2 is 1.77 bits per heavy atom. The van der Waals surface area contributed by atoms with Gasteiger partial charge in [-0.2, -0.15) is 0 Å². The lowest BCUT2D eigenvalue weighted by atomic mass is 10.0. The van der Waals surface area contributed by atoms with E-state index in [9.17, 15) is 9.59 Å². The topological polar surface area (TPSA) is 66.0 Å². The van der Waals surface area contributed by atoms with Crippen LogP contribution in [0.5, 0.6) is 11.6 Å². The maximum Gasteiger partial charge on any atom is 0.259 e. The maximum absolute atomic E-state index is 13.1. The number of pyridine rings is 1. The minimum absolute atomic E-state index is 0.0883. The molecule has 2 aromatic rings. The van der Waals surface area contributed by atoms with Crippen molar-refractivity contribution < 1.29 is 14.3 Å². The number of nitrogens with zero attached hydrogens (tertiary/aromatic N) is 4. The molecule has 0 spiro atoms. The fraction of sp³-hybridized carbons (Fsp3) is 0.458. The Morgan fingerprint density at radius 1 is 1.00 bits per heavy atom. The van der Waals surface area contributed by atoms with Gasteiger partial charge >= 0.3 is 0 Å². The number of hydrogen-bond acceptors (Lipinski definition) is 5. The van der Waals surface area contributed by atoms with Gasteiger partial charge in [-0.3, -0.25) is 14.5 Å². The first-order valence-electron chi connectivity index (χ1n) is 11.1. The summed E-state index contributed by atoms with van der Waals surface area (Å²) in [6, 6.07) is 13.2. The number of piperazine rings is 1. The molecule has 2 aliphatic rings. The van der Waals surface area contributed by atoms with Crippen molar-refractivity contribution in [3.63, 3.8) is 0 Å². The van der Waals surface area contributed by atoms with E-state index in [2.05, 4.69) is 16.8 Å². The molecule has 2 saturated heterocycles. The van der Waals surface area contributed by atoms with E-state index in [1.54, 1.807) is 18.3 Å². The number of likely N-dealkylation sites (tertiary alicyclic amines) is 1. The molecule has 1 unspecified atom stereocenters. The predicted octanol–water partition coefficient (Wildman–Crippen LogP) is 3.03. The van der Waals surface area contributed by atoms with Crippen molar-refractivity contribution in [2.45, 2.75) is 32.2 Å². The number of carbonyl (C=O) groups excluding carboxylic acids is 2. The SMILES string of the molecule is CC1CCCCN1C(=O)CN1CCN(C(=O)c2cccnc2Oc2ccccc2)CC1. The molecule has 2 fully saturated rings. The van der Waals surface area contributed by atoms with Crippen molar-refractivity contribution >= 4 is 11.8 Å². The first-order chi connectivity index (χ1) is 15.1. The molecule has 0 N–H and O–H groups in total. The highest BCUT2D eigenvalue weighted by Gasteiger charge is 2.28. The van der Waals surface area contributed by atoms with E-state index in [1.165, 1.54) is 6.42 Å². The molecule has 4 rings (SSSR count). The molecule has 1 atom stereocenters. The van der Waals surface area contributed by atoms with Crippen LogP contribution in [0.15, 0.2) is 48.7 Å². The minimum atomic E-state index is -0.0883. The number of para-hydroxylation sites is 1. The van der Waals surface area contributed by atoms with Crippen molar-refractivity contribution in [2.75, 3.05) is 39.3 Å². The predicted molar refractivity (Wildman–Crippen MR) is 118 cm³/mol. The van der Waals surface area contributed by atoms with Gasteiger partial charge in [-0.25, -0.2) is 4.98 Å². The molecule has 3 heterocycles. The molecule has 0 saturated carbocycles. The van der Waals surface area contributed by atoms with Crippen LogP contribution in [0.3, 0.4) is 0 Å². The van der Waals surface area contributed by atoms with Gasteiger partial charge in [0.05, 0.1) is 6.54 Å². The summed E-state index contributed by atoms with van der Waals surface area (Å²) in [6.07, 6.45) is 5.01. The van der Waals surface area contributed by atoms with Crippen LogP contribution in [0.4, 0.5) is 0 Å². The zero-order chi connectivity index (χ0) is 21.6. The van der Waals surface area contributed by atoms with Crippen LogP contribution < -0.4 is 4.74 Å². The largest absolute Gasteiger partial charge is 0.438 e. The van der Waals surface area contributed by atoms with E-state index in [0.29, 0.717) is 56.0 Å². The lowest BCUT2D eigenvalue weighted by Gasteiger charge is -2.38. The van der Waals surface area contributed by atoms with Gasteiger partial charge in [0.15, 0.2) is 0 Å². The molecule has 31 heavy (non-hydrogen) atoms. The van der Waals surface area contributed by atoms with E-state index < -0.39 is 0 Å². The summed E-state index contributed by atoms with van der Waals surface area (Å²) in [4.78, 5) is 36.1. The van der Waals surface area contributed by atoms with Crippen LogP contribution in [-0.2, 0) is 4.79 Å². The molecule has 2 aliphatic heterocycles. The van der Waals surface area contributed by atoms with Gasteiger partial charge in [-0.05, 0) is 50.5 Å². The number of aromatic nitrogens is 1. The Balaban J connectivity index is 1.34. The Bertz CT molecular complexity index is 897. The number of piperidine rings is 1. The van der Waals surface area contributed by atoms with E-state index in [-0.39, 0.29) is 11.8 Å². The number of ether oxygens (including phenoxy) is 1. The molecule has 2 amide bonds. The lowest BCUT2D eigenvalue weighted by Crippen LogP contribution is -2.53. The third kappa shape index (κ3) is 5.22. The fourth-order valence-electron chi connectivity index (χ4n) is 4.27. The smallest absolute Gasteiger partial charge is 0.259 e. The molecular weight excluding hydrogens is 392 g/mol. The van der Waals surface area contributed by atoms with E-state index in [0.717, 1.165) is 19.4 Å². The molecule has 7 heteroatoms. The van der Waals surface area contributed by atoms with Crippen LogP contribution in [-0.4, -0.2) is 76.8 Å². The minimum Gasteiger partial charge on any atom is -0.438 e. The van der Waals surface area contributed by atoms with Gasteiger partial charge in [0, 0.05) is 45.0 Å². The highest BCUT2D eigenvalue weighted by atomic mass is 16.5. The number of rotatable bonds is 5. The van der Waals surface area contributed by atoms with Gasteiger partial charge in [0.25, 0.3) is 5.91 Å². The average Bonchev–Trinajstić information content (AvgIpc) is 2.80. The first kappa shape index (κ1) is 21.3. The second kappa shape index (κ2) is 9.92. The van der Waals surface area contributed by atoms with Crippen LogP contribution in [0, 0.1) is 0 Å². The highest BCUT2D eigenvalue weighted by Crippen LogP contribution is 2.24. The molecule has 1 aromatic carbocycles. The summed E-state index contributed by atoms with van der Waals surface area (Å²) in [6.45, 7) is 5.98. The second-order valence-corrected chi connectivity index (χ2v) is 8.27. The number of benzene rings is 1. The van der Waals surface area contributed by atoms with Crippen molar-refractivity contribution in [1.29, 1.82) is 0 Å². The van der Waals surface area contributed by atoms with E-state index in [4.69, 9.17) is 4.74 Å². The summed E-state index contributed by atoms with van der Waals surface area (Å²) >= 11 is 0. The Labute approximate surface area is 183 Å². The Morgan fingerprint density at radius 3 is 2.52 bits per heavy atom. The zero-order valence-electron chi connectivity index (χ0n) is 18.1. The fourth-order valence-corrected chi connectivity index (χ4v) is 4.27. The molecule has 164 valence electrons. The van der Waals surface area contributed by atoms with E-state index >= 15 is 0 Å². The first-order valence-corrected chi connectivity index (χ1v) is 11.1. The molecule has 0 radical (unpaired) electrons. The quantitative estimate of drug-likeness (QED) is 0.741. The summed E-state index contributed by atoms with van der Waals surface area (Å²) in [7, 11) is 0. The van der Waals surface area contributed by atoms with Crippen molar-refractivity contribution in [3.05, 3.63) is 54.2 Å². The molecular formula is C24H30N4O3. The van der Waals surface area contributed by atoms with Crippen LogP contribution in [0.2, 0.25) is 0 Å². The molecule has 1 aromatic heterocycles. The molecule has 7 nitrogen and oxygen atoms in total. The number of hydrogen-bond donors (Lipinski definition) is 0. The average molecular weight is 423 g/mol. The third-order valence-electron chi connectivity index (χ3n) is 6.10. The third-order valence-corrected chi connectivity index (χ3v) is 6.10. The normalized spacial score (nSPS) is 19.8. The monoisotopic (exact) mass is 422 g/mol. The van der Waals surface area contributed by atoms with Crippen molar-refractivity contribution in [3.8, 4) is 11.6 Å². The van der Waals surface area contributed by atoms with Gasteiger partial charge in [-0.15, -0.1) is 0 Å². The van der Waals surface area contributed by atoms with Crippen LogP contribution in [0.25, 0.3) is 0 Å². The van der Waals surface area contributed by atoms with Crippen LogP contribution >= 0.6 is 0 Å². The van der Waals surface area contributed by atoms with Gasteiger partial charge in [0.2, 0.25) is 11.8 Å².